The molecular formula is C23H30N4O2. The van der Waals surface area contributed by atoms with Gasteiger partial charge in [-0.05, 0) is 62.4 Å². The molecular weight excluding hydrogens is 364 g/mol. The number of nitrogens with zero attached hydrogens (tertiary/aromatic N) is 4. The number of piperidine rings is 1. The smallest absolute Gasteiger partial charge is 0.151 e. The molecule has 2 aliphatic heterocycles. The van der Waals surface area contributed by atoms with E-state index in [-0.39, 0.29) is 11.9 Å². The number of ether oxygens (including phenoxy) is 1. The number of aromatic hydroxyl groups is 1. The van der Waals surface area contributed by atoms with Gasteiger partial charge in [-0.3, -0.25) is 4.90 Å². The molecule has 29 heavy (non-hydrogen) atoms. The molecule has 3 heterocycles. The summed E-state index contributed by atoms with van der Waals surface area (Å²) in [5, 5.41) is 19.4. The lowest BCUT2D eigenvalue weighted by molar-refractivity contribution is -0.0527. The molecule has 1 saturated carbocycles. The highest BCUT2D eigenvalue weighted by Crippen LogP contribution is 2.34. The fourth-order valence-corrected chi connectivity index (χ4v) is 5.17. The molecule has 2 saturated heterocycles. The molecule has 5 rings (SSSR count). The molecule has 2 unspecified atom stereocenters. The van der Waals surface area contributed by atoms with Gasteiger partial charge in [-0.25, -0.2) is 0 Å². The zero-order chi connectivity index (χ0) is 20.0. The Labute approximate surface area is 172 Å². The van der Waals surface area contributed by atoms with E-state index in [2.05, 4.69) is 26.1 Å². The van der Waals surface area contributed by atoms with Crippen molar-refractivity contribution in [2.24, 2.45) is 0 Å². The molecule has 3 aliphatic rings. The normalized spacial score (nSPS) is 25.5. The average Bonchev–Trinajstić information content (AvgIpc) is 2.66. The first-order valence-electron chi connectivity index (χ1n) is 10.9. The quantitative estimate of drug-likeness (QED) is 0.862. The van der Waals surface area contributed by atoms with Crippen LogP contribution in [0.25, 0.3) is 11.3 Å². The predicted octanol–water partition coefficient (Wildman–Crippen LogP) is 3.30. The Bertz CT molecular complexity index is 858. The van der Waals surface area contributed by atoms with Crippen molar-refractivity contribution < 1.29 is 9.84 Å². The maximum Gasteiger partial charge on any atom is 0.151 e. The summed E-state index contributed by atoms with van der Waals surface area (Å²) in [4.78, 5) is 5.01. The van der Waals surface area contributed by atoms with Gasteiger partial charge in [-0.15, -0.1) is 10.2 Å². The molecule has 6 heteroatoms. The van der Waals surface area contributed by atoms with Crippen LogP contribution in [-0.2, 0) is 4.74 Å². The Morgan fingerprint density at radius 3 is 2.62 bits per heavy atom. The molecule has 0 radical (unpaired) electrons. The van der Waals surface area contributed by atoms with Gasteiger partial charge in [0.05, 0.1) is 24.4 Å². The minimum atomic E-state index is 0.253. The molecule has 0 spiro atoms. The Kier molecular flexibility index (Phi) is 4.92. The lowest BCUT2D eigenvalue weighted by Crippen LogP contribution is -2.61. The van der Waals surface area contributed by atoms with Gasteiger partial charge >= 0.3 is 0 Å². The number of phenolic OH excluding ortho intramolecular Hbond substituents is 1. The van der Waals surface area contributed by atoms with Crippen molar-refractivity contribution >= 4 is 5.82 Å². The van der Waals surface area contributed by atoms with Crippen molar-refractivity contribution in [3.63, 3.8) is 0 Å². The Hall–Kier alpha value is -2.18. The van der Waals surface area contributed by atoms with Gasteiger partial charge in [-0.1, -0.05) is 12.5 Å². The number of rotatable bonds is 3. The summed E-state index contributed by atoms with van der Waals surface area (Å²) in [6.45, 7) is 7.76. The first-order chi connectivity index (χ1) is 14.1. The van der Waals surface area contributed by atoms with Crippen LogP contribution < -0.4 is 4.90 Å². The molecule has 1 aromatic carbocycles. The number of hydrogen-bond acceptors (Lipinski definition) is 6. The van der Waals surface area contributed by atoms with Crippen LogP contribution in [0.4, 0.5) is 5.82 Å². The number of aromatic nitrogens is 2. The molecule has 0 bridgehead atoms. The third kappa shape index (κ3) is 3.49. The molecule has 3 fully saturated rings. The van der Waals surface area contributed by atoms with E-state index >= 15 is 0 Å². The maximum absolute atomic E-state index is 10.4. The number of aryl methyl sites for hydroxylation is 2. The largest absolute Gasteiger partial charge is 0.507 e. The summed E-state index contributed by atoms with van der Waals surface area (Å²) in [6, 6.07) is 9.01. The zero-order valence-corrected chi connectivity index (χ0v) is 17.3. The lowest BCUT2D eigenvalue weighted by Gasteiger charge is -2.50. The van der Waals surface area contributed by atoms with E-state index in [0.29, 0.717) is 11.7 Å². The van der Waals surface area contributed by atoms with E-state index in [1.165, 1.54) is 19.3 Å². The van der Waals surface area contributed by atoms with Gasteiger partial charge in [0, 0.05) is 31.2 Å². The second-order valence-corrected chi connectivity index (χ2v) is 8.79. The van der Waals surface area contributed by atoms with Gasteiger partial charge in [0.15, 0.2) is 5.82 Å². The highest BCUT2D eigenvalue weighted by Gasteiger charge is 2.40. The van der Waals surface area contributed by atoms with Crippen LogP contribution in [-0.4, -0.2) is 64.6 Å². The third-order valence-corrected chi connectivity index (χ3v) is 6.87. The van der Waals surface area contributed by atoms with Gasteiger partial charge < -0.3 is 14.7 Å². The summed E-state index contributed by atoms with van der Waals surface area (Å²) < 4.78 is 6.15. The third-order valence-electron chi connectivity index (χ3n) is 6.87. The number of phenols is 1. The summed E-state index contributed by atoms with van der Waals surface area (Å²) in [5.41, 5.74) is 3.54. The summed E-state index contributed by atoms with van der Waals surface area (Å²) in [5.74, 6) is 1.17. The predicted molar refractivity (Wildman–Crippen MR) is 113 cm³/mol. The van der Waals surface area contributed by atoms with Crippen molar-refractivity contribution in [2.75, 3.05) is 31.1 Å². The Balaban J connectivity index is 1.35. The number of likely N-dealkylation sites (tertiary alicyclic amines) is 1. The second-order valence-electron chi connectivity index (χ2n) is 8.79. The van der Waals surface area contributed by atoms with Crippen LogP contribution >= 0.6 is 0 Å². The average molecular weight is 395 g/mol. The van der Waals surface area contributed by atoms with Crippen LogP contribution in [0.1, 0.15) is 36.8 Å². The molecule has 6 nitrogen and oxygen atoms in total. The Morgan fingerprint density at radius 2 is 1.93 bits per heavy atom. The number of hydrogen-bond donors (Lipinski definition) is 1. The minimum Gasteiger partial charge on any atom is -0.507 e. The van der Waals surface area contributed by atoms with Crippen molar-refractivity contribution in [2.45, 2.75) is 57.7 Å². The standard InChI is InChI=1S/C23H30N4O2/c1-15-12-16(2)23(20(28)13-15)18-6-7-22(25-24-18)27-10-11-29-21-14-26(9-8-19(21)27)17-4-3-5-17/h6-7,12-13,17,19,21,28H,3-5,8-11,14H2,1-2H3. The van der Waals surface area contributed by atoms with E-state index in [1.807, 2.05) is 26.0 Å². The number of morpholine rings is 1. The number of fused-ring (bicyclic) bond motifs is 1. The van der Waals surface area contributed by atoms with Crippen LogP contribution in [0.15, 0.2) is 24.3 Å². The first-order valence-corrected chi connectivity index (χ1v) is 10.9. The van der Waals surface area contributed by atoms with Crippen LogP contribution in [0, 0.1) is 13.8 Å². The monoisotopic (exact) mass is 394 g/mol. The van der Waals surface area contributed by atoms with Gasteiger partial charge in [0.1, 0.15) is 5.75 Å². The van der Waals surface area contributed by atoms with E-state index < -0.39 is 0 Å². The molecule has 2 atom stereocenters. The highest BCUT2D eigenvalue weighted by molar-refractivity contribution is 5.71. The summed E-state index contributed by atoms with van der Waals surface area (Å²) >= 11 is 0. The van der Waals surface area contributed by atoms with Gasteiger partial charge in [0.2, 0.25) is 0 Å². The molecule has 154 valence electrons. The van der Waals surface area contributed by atoms with Gasteiger partial charge in [-0.2, -0.15) is 0 Å². The maximum atomic E-state index is 10.4. The number of anilines is 1. The summed E-state index contributed by atoms with van der Waals surface area (Å²) in [6.07, 6.45) is 5.43. The molecule has 0 amide bonds. The fraction of sp³-hybridized carbons (Fsp3) is 0.565. The van der Waals surface area contributed by atoms with Crippen molar-refractivity contribution in [1.29, 1.82) is 0 Å². The van der Waals surface area contributed by atoms with Crippen LogP contribution in [0.5, 0.6) is 5.75 Å². The SMILES string of the molecule is Cc1cc(C)c(-c2ccc(N3CCOC4CN(C5CCC5)CCC43)nn2)c(O)c1. The number of benzene rings is 1. The van der Waals surface area contributed by atoms with Crippen molar-refractivity contribution in [3.05, 3.63) is 35.4 Å². The highest BCUT2D eigenvalue weighted by atomic mass is 16.5. The fourth-order valence-electron chi connectivity index (χ4n) is 5.17. The van der Waals surface area contributed by atoms with E-state index in [9.17, 15) is 5.11 Å². The van der Waals surface area contributed by atoms with E-state index in [1.54, 1.807) is 6.07 Å². The molecule has 1 N–H and O–H groups in total. The lowest BCUT2D eigenvalue weighted by atomic mass is 9.88. The zero-order valence-electron chi connectivity index (χ0n) is 17.3. The van der Waals surface area contributed by atoms with Gasteiger partial charge in [0.25, 0.3) is 0 Å². The Morgan fingerprint density at radius 1 is 1.07 bits per heavy atom. The van der Waals surface area contributed by atoms with Crippen molar-refractivity contribution in [3.8, 4) is 17.0 Å². The topological polar surface area (TPSA) is 61.7 Å². The van der Waals surface area contributed by atoms with E-state index in [0.717, 1.165) is 61.2 Å². The second kappa shape index (κ2) is 7.58. The summed E-state index contributed by atoms with van der Waals surface area (Å²) in [7, 11) is 0. The van der Waals surface area contributed by atoms with Crippen molar-refractivity contribution in [1.82, 2.24) is 15.1 Å². The minimum absolute atomic E-state index is 0.253. The molecule has 1 aliphatic carbocycles. The first kappa shape index (κ1) is 18.8. The van der Waals surface area contributed by atoms with E-state index in [4.69, 9.17) is 4.74 Å². The van der Waals surface area contributed by atoms with Crippen LogP contribution in [0.3, 0.4) is 0 Å². The molecule has 2 aromatic rings. The molecule has 1 aromatic heterocycles. The van der Waals surface area contributed by atoms with Crippen LogP contribution in [0.2, 0.25) is 0 Å².